The smallest absolute Gasteiger partial charge is 0.438 e. The minimum absolute atomic E-state index is 0.0543. The third kappa shape index (κ3) is 2.81. The third-order valence-electron chi connectivity index (χ3n) is 3.65. The predicted molar refractivity (Wildman–Crippen MR) is 81.8 cm³/mol. The van der Waals surface area contributed by atoms with Crippen LogP contribution in [0.3, 0.4) is 0 Å². The molecule has 1 fully saturated rings. The largest absolute Gasteiger partial charge is 0.448 e. The van der Waals surface area contributed by atoms with E-state index < -0.39 is 6.09 Å². The first-order chi connectivity index (χ1) is 11.1. The number of likely N-dealkylation sites (tertiary alicyclic amines) is 1. The average molecular weight is 336 g/mol. The molecule has 3 heterocycles. The van der Waals surface area contributed by atoms with Gasteiger partial charge in [-0.2, -0.15) is 0 Å². The Bertz CT molecular complexity index is 808. The lowest BCUT2D eigenvalue weighted by Crippen LogP contribution is -2.36. The lowest BCUT2D eigenvalue weighted by atomic mass is 10.1. The second kappa shape index (κ2) is 6.41. The Morgan fingerprint density at radius 2 is 2.04 bits per heavy atom. The Balaban J connectivity index is 1.98. The van der Waals surface area contributed by atoms with E-state index in [1.165, 1.54) is 10.7 Å². The van der Waals surface area contributed by atoms with Crippen LogP contribution in [-0.4, -0.2) is 61.0 Å². The Labute approximate surface area is 136 Å². The molecule has 2 aromatic rings. The Kier molecular flexibility index (Phi) is 4.33. The lowest BCUT2D eigenvalue weighted by molar-refractivity contribution is 0.0720. The minimum atomic E-state index is -0.718. The van der Waals surface area contributed by atoms with E-state index in [2.05, 4.69) is 15.3 Å². The van der Waals surface area contributed by atoms with Gasteiger partial charge in [0, 0.05) is 13.1 Å². The Morgan fingerprint density at radius 1 is 1.30 bits per heavy atom. The number of ether oxygens (including phenoxy) is 1. The van der Waals surface area contributed by atoms with Crippen LogP contribution < -0.4 is 0 Å². The number of rotatable bonds is 2. The van der Waals surface area contributed by atoms with Gasteiger partial charge in [-0.1, -0.05) is 5.21 Å². The van der Waals surface area contributed by atoms with Gasteiger partial charge < -0.3 is 9.64 Å². The molecule has 2 aromatic heterocycles. The first-order valence-electron chi connectivity index (χ1n) is 7.43. The molecule has 1 saturated heterocycles. The highest BCUT2D eigenvalue weighted by Gasteiger charge is 2.24. The molecule has 1 aliphatic heterocycles. The van der Waals surface area contributed by atoms with Crippen molar-refractivity contribution >= 4 is 29.9 Å². The molecule has 0 bridgehead atoms. The number of amides is 1. The van der Waals surface area contributed by atoms with Gasteiger partial charge in [0.1, 0.15) is 6.33 Å². The number of carbonyl (C=O) groups is 2. The molecule has 0 atom stereocenters. The zero-order valence-corrected chi connectivity index (χ0v) is 13.5. The number of fused-ring (bicyclic) bond motifs is 1. The van der Waals surface area contributed by atoms with Crippen molar-refractivity contribution in [3.63, 3.8) is 0 Å². The first kappa shape index (κ1) is 15.5. The number of piperidine rings is 1. The second-order valence-electron chi connectivity index (χ2n) is 5.12. The number of aromatic nitrogens is 5. The maximum Gasteiger partial charge on any atom is 0.438 e. The normalized spacial score (nSPS) is 14.9. The van der Waals surface area contributed by atoms with Gasteiger partial charge in [-0.25, -0.2) is 9.78 Å². The molecule has 1 amide bonds. The molecule has 0 saturated carbocycles. The van der Waals surface area contributed by atoms with Crippen molar-refractivity contribution in [1.82, 2.24) is 29.3 Å². The molecule has 1 aliphatic rings. The maximum absolute atomic E-state index is 12.6. The second-order valence-corrected chi connectivity index (χ2v) is 5.49. The molecule has 9 nitrogen and oxygen atoms in total. The highest BCUT2D eigenvalue weighted by atomic mass is 32.1. The van der Waals surface area contributed by atoms with Crippen LogP contribution in [0.5, 0.6) is 0 Å². The van der Waals surface area contributed by atoms with Gasteiger partial charge in [-0.05, 0) is 38.4 Å². The van der Waals surface area contributed by atoms with E-state index in [-0.39, 0.29) is 28.6 Å². The summed E-state index contributed by atoms with van der Waals surface area (Å²) in [6.07, 6.45) is 3.75. The summed E-state index contributed by atoms with van der Waals surface area (Å²) in [7, 11) is 0. The fourth-order valence-corrected chi connectivity index (χ4v) is 2.75. The number of carbonyl (C=O) groups excluding carboxylic acids is 2. The van der Waals surface area contributed by atoms with Crippen LogP contribution in [0.25, 0.3) is 5.65 Å². The van der Waals surface area contributed by atoms with Gasteiger partial charge in [-0.15, -0.1) is 9.78 Å². The lowest BCUT2D eigenvalue weighted by Gasteiger charge is -2.25. The van der Waals surface area contributed by atoms with Crippen molar-refractivity contribution < 1.29 is 14.3 Å². The van der Waals surface area contributed by atoms with Crippen LogP contribution in [0.1, 0.15) is 36.7 Å². The molecule has 23 heavy (non-hydrogen) atoms. The van der Waals surface area contributed by atoms with Gasteiger partial charge in [0.25, 0.3) is 5.91 Å². The minimum Gasteiger partial charge on any atom is -0.448 e. The molecule has 122 valence electrons. The van der Waals surface area contributed by atoms with Crippen LogP contribution >= 0.6 is 12.2 Å². The van der Waals surface area contributed by atoms with Crippen LogP contribution in [0.2, 0.25) is 0 Å². The van der Waals surface area contributed by atoms with E-state index in [9.17, 15) is 9.59 Å². The van der Waals surface area contributed by atoms with Crippen molar-refractivity contribution in [2.24, 2.45) is 0 Å². The number of imidazole rings is 1. The van der Waals surface area contributed by atoms with Gasteiger partial charge in [0.2, 0.25) is 4.77 Å². The summed E-state index contributed by atoms with van der Waals surface area (Å²) >= 11 is 5.20. The van der Waals surface area contributed by atoms with Crippen molar-refractivity contribution in [2.75, 3.05) is 19.7 Å². The molecular weight excluding hydrogens is 320 g/mol. The molecule has 0 N–H and O–H groups in total. The monoisotopic (exact) mass is 336 g/mol. The van der Waals surface area contributed by atoms with Crippen LogP contribution in [-0.2, 0) is 4.74 Å². The van der Waals surface area contributed by atoms with E-state index in [0.717, 1.165) is 23.9 Å². The molecule has 0 aromatic carbocycles. The zero-order chi connectivity index (χ0) is 16.4. The van der Waals surface area contributed by atoms with Crippen LogP contribution in [0.15, 0.2) is 6.33 Å². The summed E-state index contributed by atoms with van der Waals surface area (Å²) < 4.78 is 7.16. The van der Waals surface area contributed by atoms with Crippen LogP contribution in [0, 0.1) is 4.77 Å². The van der Waals surface area contributed by atoms with E-state index in [1.54, 1.807) is 11.8 Å². The van der Waals surface area contributed by atoms with Crippen molar-refractivity contribution in [1.29, 1.82) is 0 Å². The Hall–Kier alpha value is -2.36. The fraction of sp³-hybridized carbons (Fsp3) is 0.538. The molecular formula is C13H16N6O3S. The van der Waals surface area contributed by atoms with E-state index in [1.807, 2.05) is 0 Å². The summed E-state index contributed by atoms with van der Waals surface area (Å²) in [4.78, 5) is 30.2. The van der Waals surface area contributed by atoms with Crippen molar-refractivity contribution in [3.8, 4) is 0 Å². The van der Waals surface area contributed by atoms with Gasteiger partial charge in [-0.3, -0.25) is 9.20 Å². The average Bonchev–Trinajstić information content (AvgIpc) is 3.00. The molecule has 0 aliphatic carbocycles. The van der Waals surface area contributed by atoms with E-state index >= 15 is 0 Å². The van der Waals surface area contributed by atoms with Crippen molar-refractivity contribution in [3.05, 3.63) is 16.8 Å². The summed E-state index contributed by atoms with van der Waals surface area (Å²) in [5.74, 6) is -0.190. The SMILES string of the molecule is CCOC(=O)n1nnc2c(C(=O)N3CCCCC3)ncn2c1=S. The van der Waals surface area contributed by atoms with E-state index in [4.69, 9.17) is 17.0 Å². The standard InChI is InChI=1S/C13H16N6O3S/c1-2-22-13(21)19-12(23)18-8-14-9(10(18)15-16-19)11(20)17-6-4-3-5-7-17/h8H,2-7H2,1H3. The summed E-state index contributed by atoms with van der Waals surface area (Å²) in [6, 6.07) is 0. The predicted octanol–water partition coefficient (Wildman–Crippen LogP) is 1.29. The van der Waals surface area contributed by atoms with Gasteiger partial charge >= 0.3 is 6.09 Å². The number of hydrogen-bond acceptors (Lipinski definition) is 7. The molecule has 3 rings (SSSR count). The summed E-state index contributed by atoms with van der Waals surface area (Å²) in [5.41, 5.74) is 0.438. The number of nitrogens with zero attached hydrogens (tertiary/aromatic N) is 6. The quantitative estimate of drug-likeness (QED) is 0.763. The van der Waals surface area contributed by atoms with Crippen molar-refractivity contribution in [2.45, 2.75) is 26.2 Å². The molecule has 0 unspecified atom stereocenters. The van der Waals surface area contributed by atoms with Crippen LogP contribution in [0.4, 0.5) is 4.79 Å². The summed E-state index contributed by atoms with van der Waals surface area (Å²) in [6.45, 7) is 3.30. The molecule has 10 heteroatoms. The fourth-order valence-electron chi connectivity index (χ4n) is 2.50. The first-order valence-corrected chi connectivity index (χ1v) is 7.83. The van der Waals surface area contributed by atoms with Gasteiger partial charge in [0.05, 0.1) is 6.61 Å². The molecule has 0 spiro atoms. The summed E-state index contributed by atoms with van der Waals surface area (Å²) in [5, 5.41) is 7.66. The van der Waals surface area contributed by atoms with Gasteiger partial charge in [0.15, 0.2) is 11.3 Å². The molecule has 0 radical (unpaired) electrons. The Morgan fingerprint density at radius 3 is 2.74 bits per heavy atom. The third-order valence-corrected chi connectivity index (χ3v) is 4.01. The highest BCUT2D eigenvalue weighted by Crippen LogP contribution is 2.15. The highest BCUT2D eigenvalue weighted by molar-refractivity contribution is 7.71. The van der Waals surface area contributed by atoms with E-state index in [0.29, 0.717) is 13.1 Å². The number of hydrogen-bond donors (Lipinski definition) is 0. The maximum atomic E-state index is 12.6. The zero-order valence-electron chi connectivity index (χ0n) is 12.6. The topological polar surface area (TPSA) is 94.6 Å².